The van der Waals surface area contributed by atoms with Crippen LogP contribution in [0.1, 0.15) is 5.56 Å². The third-order valence-electron chi connectivity index (χ3n) is 3.02. The van der Waals surface area contributed by atoms with Crippen LogP contribution in [-0.4, -0.2) is 25.7 Å². The highest BCUT2D eigenvalue weighted by atomic mass is 16.5. The second-order valence-electron chi connectivity index (χ2n) is 4.42. The summed E-state index contributed by atoms with van der Waals surface area (Å²) in [5, 5.41) is 5.14. The van der Waals surface area contributed by atoms with Gasteiger partial charge in [-0.1, -0.05) is 42.5 Å². The molecule has 0 heterocycles. The van der Waals surface area contributed by atoms with Gasteiger partial charge in [0.05, 0.1) is 6.61 Å². The number of rotatable bonds is 5. The van der Waals surface area contributed by atoms with Crippen molar-refractivity contribution >= 4 is 16.7 Å². The Kier molecular flexibility index (Phi) is 4.49. The van der Waals surface area contributed by atoms with Gasteiger partial charge in [-0.25, -0.2) is 0 Å². The molecule has 0 bridgehead atoms. The molecule has 1 amide bonds. The maximum absolute atomic E-state index is 11.7. The highest BCUT2D eigenvalue weighted by molar-refractivity contribution is 5.86. The summed E-state index contributed by atoms with van der Waals surface area (Å²) in [6, 6.07) is 13.5. The fourth-order valence-corrected chi connectivity index (χ4v) is 2.02. The van der Waals surface area contributed by atoms with Crippen LogP contribution in [0.4, 0.5) is 0 Å². The normalized spacial score (nSPS) is 12.3. The first-order chi connectivity index (χ1) is 9.22. The smallest absolute Gasteiger partial charge is 0.239 e. The first-order valence-corrected chi connectivity index (χ1v) is 6.21. The Hall–Kier alpha value is -1.91. The first kappa shape index (κ1) is 13.5. The van der Waals surface area contributed by atoms with Gasteiger partial charge in [0.15, 0.2) is 0 Å². The summed E-state index contributed by atoms with van der Waals surface area (Å²) in [6.07, 6.45) is 0. The van der Waals surface area contributed by atoms with Crippen molar-refractivity contribution in [3.05, 3.63) is 48.0 Å². The number of hydrogen-bond acceptors (Lipinski definition) is 3. The lowest BCUT2D eigenvalue weighted by Gasteiger charge is -2.12. The molecule has 0 saturated carbocycles. The molecule has 3 N–H and O–H groups in total. The summed E-state index contributed by atoms with van der Waals surface area (Å²) in [5.41, 5.74) is 6.75. The molecule has 0 aromatic heterocycles. The fraction of sp³-hybridized carbons (Fsp3) is 0.267. The maximum Gasteiger partial charge on any atom is 0.239 e. The van der Waals surface area contributed by atoms with E-state index >= 15 is 0 Å². The Labute approximate surface area is 112 Å². The van der Waals surface area contributed by atoms with Gasteiger partial charge in [0.1, 0.15) is 6.04 Å². The zero-order valence-corrected chi connectivity index (χ0v) is 10.9. The number of methoxy groups -OCH3 is 1. The summed E-state index contributed by atoms with van der Waals surface area (Å²) in [6.45, 7) is 0.693. The molecule has 0 aliphatic rings. The molecule has 0 aliphatic carbocycles. The standard InChI is InChI=1S/C15H18N2O2/c1-19-10-14(16)15(18)17-9-12-7-4-6-11-5-2-3-8-13(11)12/h2-8,14H,9-10,16H2,1H3,(H,17,18). The lowest BCUT2D eigenvalue weighted by atomic mass is 10.0. The molecule has 0 spiro atoms. The van der Waals surface area contributed by atoms with Gasteiger partial charge in [-0.15, -0.1) is 0 Å². The van der Waals surface area contributed by atoms with Crippen LogP contribution in [0.25, 0.3) is 10.8 Å². The van der Waals surface area contributed by atoms with Crippen LogP contribution in [0.3, 0.4) is 0 Å². The van der Waals surface area contributed by atoms with E-state index in [1.165, 1.54) is 7.11 Å². The zero-order valence-electron chi connectivity index (χ0n) is 10.9. The van der Waals surface area contributed by atoms with Crippen molar-refractivity contribution in [2.75, 3.05) is 13.7 Å². The molecular weight excluding hydrogens is 240 g/mol. The van der Waals surface area contributed by atoms with Gasteiger partial charge in [0.25, 0.3) is 0 Å². The summed E-state index contributed by atoms with van der Waals surface area (Å²) in [5.74, 6) is -0.199. The van der Waals surface area contributed by atoms with Crippen molar-refractivity contribution < 1.29 is 9.53 Å². The van der Waals surface area contributed by atoms with Crippen molar-refractivity contribution in [2.45, 2.75) is 12.6 Å². The average molecular weight is 258 g/mol. The number of nitrogens with two attached hydrogens (primary N) is 1. The monoisotopic (exact) mass is 258 g/mol. The van der Waals surface area contributed by atoms with Gasteiger partial charge in [-0.05, 0) is 16.3 Å². The SMILES string of the molecule is COCC(N)C(=O)NCc1cccc2ccccc12. The van der Waals surface area contributed by atoms with Gasteiger partial charge in [0, 0.05) is 13.7 Å². The molecule has 2 aromatic carbocycles. The Bertz CT molecular complexity index is 564. The van der Waals surface area contributed by atoms with Gasteiger partial charge in [-0.2, -0.15) is 0 Å². The van der Waals surface area contributed by atoms with Crippen LogP contribution in [0.15, 0.2) is 42.5 Å². The van der Waals surface area contributed by atoms with Crippen LogP contribution < -0.4 is 11.1 Å². The van der Waals surface area contributed by atoms with Gasteiger partial charge in [-0.3, -0.25) is 4.79 Å². The topological polar surface area (TPSA) is 64.3 Å². The Morgan fingerprint density at radius 3 is 2.79 bits per heavy atom. The maximum atomic E-state index is 11.7. The van der Waals surface area contributed by atoms with Crippen molar-refractivity contribution in [2.24, 2.45) is 5.73 Å². The largest absolute Gasteiger partial charge is 0.383 e. The summed E-state index contributed by atoms with van der Waals surface area (Å²) >= 11 is 0. The summed E-state index contributed by atoms with van der Waals surface area (Å²) in [4.78, 5) is 11.7. The minimum atomic E-state index is -0.625. The van der Waals surface area contributed by atoms with Gasteiger partial charge < -0.3 is 15.8 Å². The number of carbonyl (C=O) groups excluding carboxylic acids is 1. The predicted molar refractivity (Wildman–Crippen MR) is 75.6 cm³/mol. The molecule has 0 fully saturated rings. The van der Waals surface area contributed by atoms with Crippen LogP contribution in [0.2, 0.25) is 0 Å². The number of amides is 1. The van der Waals surface area contributed by atoms with Crippen LogP contribution in [-0.2, 0) is 16.1 Å². The van der Waals surface area contributed by atoms with Crippen LogP contribution in [0.5, 0.6) is 0 Å². The molecule has 4 nitrogen and oxygen atoms in total. The molecule has 1 unspecified atom stereocenters. The number of fused-ring (bicyclic) bond motifs is 1. The highest BCUT2D eigenvalue weighted by Gasteiger charge is 2.12. The molecule has 19 heavy (non-hydrogen) atoms. The zero-order chi connectivity index (χ0) is 13.7. The molecule has 1 atom stereocenters. The number of carbonyl (C=O) groups is 1. The van der Waals surface area contributed by atoms with Crippen molar-refractivity contribution in [3.8, 4) is 0 Å². The lowest BCUT2D eigenvalue weighted by molar-refractivity contribution is -0.123. The fourth-order valence-electron chi connectivity index (χ4n) is 2.02. The Morgan fingerprint density at radius 1 is 1.26 bits per heavy atom. The van der Waals surface area contributed by atoms with Crippen molar-refractivity contribution in [3.63, 3.8) is 0 Å². The predicted octanol–water partition coefficient (Wildman–Crippen LogP) is 1.43. The van der Waals surface area contributed by atoms with E-state index in [4.69, 9.17) is 10.5 Å². The third kappa shape index (κ3) is 3.30. The molecular formula is C15H18N2O2. The van der Waals surface area contributed by atoms with E-state index < -0.39 is 6.04 Å². The lowest BCUT2D eigenvalue weighted by Crippen LogP contribution is -2.43. The molecule has 100 valence electrons. The third-order valence-corrected chi connectivity index (χ3v) is 3.02. The minimum Gasteiger partial charge on any atom is -0.383 e. The van der Waals surface area contributed by atoms with E-state index in [1.807, 2.05) is 30.3 Å². The number of hydrogen-bond donors (Lipinski definition) is 2. The average Bonchev–Trinajstić information content (AvgIpc) is 2.45. The van der Waals surface area contributed by atoms with Gasteiger partial charge in [0.2, 0.25) is 5.91 Å². The van der Waals surface area contributed by atoms with E-state index in [-0.39, 0.29) is 12.5 Å². The Morgan fingerprint density at radius 2 is 2.00 bits per heavy atom. The van der Waals surface area contributed by atoms with Crippen LogP contribution >= 0.6 is 0 Å². The molecule has 0 aliphatic heterocycles. The highest BCUT2D eigenvalue weighted by Crippen LogP contribution is 2.18. The van der Waals surface area contributed by atoms with E-state index in [9.17, 15) is 4.79 Å². The summed E-state index contributed by atoms with van der Waals surface area (Å²) < 4.78 is 4.86. The molecule has 4 heteroatoms. The quantitative estimate of drug-likeness (QED) is 0.852. The van der Waals surface area contributed by atoms with E-state index in [1.54, 1.807) is 0 Å². The minimum absolute atomic E-state index is 0.199. The van der Waals surface area contributed by atoms with Crippen LogP contribution in [0, 0.1) is 0 Å². The van der Waals surface area contributed by atoms with Crippen molar-refractivity contribution in [1.82, 2.24) is 5.32 Å². The molecule has 2 rings (SSSR count). The van der Waals surface area contributed by atoms with E-state index in [2.05, 4.69) is 17.4 Å². The van der Waals surface area contributed by atoms with E-state index in [0.717, 1.165) is 16.3 Å². The van der Waals surface area contributed by atoms with Gasteiger partial charge >= 0.3 is 0 Å². The second kappa shape index (κ2) is 6.31. The van der Waals surface area contributed by atoms with Crippen molar-refractivity contribution in [1.29, 1.82) is 0 Å². The molecule has 0 radical (unpaired) electrons. The van der Waals surface area contributed by atoms with E-state index in [0.29, 0.717) is 6.54 Å². The number of benzene rings is 2. The number of ether oxygens (including phenoxy) is 1. The molecule has 0 saturated heterocycles. The number of nitrogens with one attached hydrogen (secondary N) is 1. The second-order valence-corrected chi connectivity index (χ2v) is 4.42. The Balaban J connectivity index is 2.08. The summed E-state index contributed by atoms with van der Waals surface area (Å²) in [7, 11) is 1.53. The first-order valence-electron chi connectivity index (χ1n) is 6.21. The molecule has 2 aromatic rings.